The number of aryl methyl sites for hydroxylation is 1. The Morgan fingerprint density at radius 3 is 2.64 bits per heavy atom. The molecule has 5 nitrogen and oxygen atoms in total. The number of benzene rings is 1. The highest BCUT2D eigenvalue weighted by molar-refractivity contribution is 5.90. The van der Waals surface area contributed by atoms with Gasteiger partial charge in [-0.25, -0.2) is 9.97 Å². The van der Waals surface area contributed by atoms with Gasteiger partial charge in [0, 0.05) is 35.1 Å². The maximum Gasteiger partial charge on any atom is 0.161 e. The first-order valence-corrected chi connectivity index (χ1v) is 8.64. The summed E-state index contributed by atoms with van der Waals surface area (Å²) >= 11 is 0. The molecular formula is C20H24N4O. The lowest BCUT2D eigenvalue weighted by atomic mass is 10.1. The molecule has 0 unspecified atom stereocenters. The van der Waals surface area contributed by atoms with E-state index in [2.05, 4.69) is 34.0 Å². The van der Waals surface area contributed by atoms with Gasteiger partial charge in [-0.2, -0.15) is 0 Å². The molecule has 2 aromatic heterocycles. The molecule has 0 bridgehead atoms. The standard InChI is InChI=1S/C20H24N4O/c1-4-24(5-2)13-15-12-16(7-9-19(15)25)23-18-10-11-21-20-17(18)8-6-14(3)22-20/h6-12,25H,4-5,13H2,1-3H3,(H,21,22,23). The number of hydrogen-bond acceptors (Lipinski definition) is 5. The zero-order chi connectivity index (χ0) is 17.8. The minimum Gasteiger partial charge on any atom is -0.508 e. The van der Waals surface area contributed by atoms with E-state index in [0.717, 1.165) is 53.3 Å². The second-order valence-electron chi connectivity index (χ2n) is 6.11. The number of hydrogen-bond donors (Lipinski definition) is 2. The highest BCUT2D eigenvalue weighted by atomic mass is 16.3. The van der Waals surface area contributed by atoms with Crippen LogP contribution in [-0.2, 0) is 6.54 Å². The number of phenolic OH excluding ortho intramolecular Hbond substituents is 1. The summed E-state index contributed by atoms with van der Waals surface area (Å²) in [4.78, 5) is 11.1. The molecular weight excluding hydrogens is 312 g/mol. The van der Waals surface area contributed by atoms with Gasteiger partial charge in [-0.05, 0) is 56.4 Å². The molecule has 130 valence electrons. The van der Waals surface area contributed by atoms with Gasteiger partial charge in [0.15, 0.2) is 5.65 Å². The predicted molar refractivity (Wildman–Crippen MR) is 102 cm³/mol. The Kier molecular flexibility index (Phi) is 5.14. The Morgan fingerprint density at radius 2 is 1.88 bits per heavy atom. The number of fused-ring (bicyclic) bond motifs is 1. The maximum absolute atomic E-state index is 10.2. The second kappa shape index (κ2) is 7.49. The van der Waals surface area contributed by atoms with Crippen LogP contribution in [0.15, 0.2) is 42.6 Å². The van der Waals surface area contributed by atoms with Gasteiger partial charge in [-0.15, -0.1) is 0 Å². The first kappa shape index (κ1) is 17.2. The van der Waals surface area contributed by atoms with Crippen LogP contribution in [0.5, 0.6) is 5.75 Å². The number of aromatic nitrogens is 2. The van der Waals surface area contributed by atoms with Crippen molar-refractivity contribution in [1.29, 1.82) is 0 Å². The van der Waals surface area contributed by atoms with Crippen molar-refractivity contribution in [3.8, 4) is 5.75 Å². The third-order valence-electron chi connectivity index (χ3n) is 4.39. The molecule has 0 radical (unpaired) electrons. The molecule has 3 aromatic rings. The summed E-state index contributed by atoms with van der Waals surface area (Å²) in [6.45, 7) is 8.84. The number of rotatable bonds is 6. The zero-order valence-electron chi connectivity index (χ0n) is 15.0. The van der Waals surface area contributed by atoms with Gasteiger partial charge in [0.25, 0.3) is 0 Å². The quantitative estimate of drug-likeness (QED) is 0.660. The third kappa shape index (κ3) is 3.88. The summed E-state index contributed by atoms with van der Waals surface area (Å²) in [5.41, 5.74) is 4.49. The van der Waals surface area contributed by atoms with Crippen molar-refractivity contribution in [3.63, 3.8) is 0 Å². The van der Waals surface area contributed by atoms with E-state index in [1.807, 2.05) is 37.3 Å². The van der Waals surface area contributed by atoms with Crippen LogP contribution < -0.4 is 5.32 Å². The van der Waals surface area contributed by atoms with E-state index in [9.17, 15) is 5.11 Å². The fourth-order valence-electron chi connectivity index (χ4n) is 2.87. The SMILES string of the molecule is CCN(CC)Cc1cc(Nc2ccnc3nc(C)ccc23)ccc1O. The monoisotopic (exact) mass is 336 g/mol. The lowest BCUT2D eigenvalue weighted by molar-refractivity contribution is 0.291. The maximum atomic E-state index is 10.2. The smallest absolute Gasteiger partial charge is 0.161 e. The molecule has 1 aromatic carbocycles. The fraction of sp³-hybridized carbons (Fsp3) is 0.300. The highest BCUT2D eigenvalue weighted by Crippen LogP contribution is 2.28. The molecule has 0 aliphatic carbocycles. The first-order chi connectivity index (χ1) is 12.1. The van der Waals surface area contributed by atoms with Gasteiger partial charge >= 0.3 is 0 Å². The van der Waals surface area contributed by atoms with E-state index in [1.54, 1.807) is 12.3 Å². The van der Waals surface area contributed by atoms with Crippen LogP contribution in [0.1, 0.15) is 25.1 Å². The number of nitrogens with one attached hydrogen (secondary N) is 1. The van der Waals surface area contributed by atoms with Crippen LogP contribution in [0.2, 0.25) is 0 Å². The summed E-state index contributed by atoms with van der Waals surface area (Å²) in [5.74, 6) is 0.328. The molecule has 0 aliphatic heterocycles. The molecule has 0 aliphatic rings. The Hall–Kier alpha value is -2.66. The van der Waals surface area contributed by atoms with Gasteiger partial charge in [0.05, 0.1) is 5.69 Å². The minimum atomic E-state index is 0.328. The molecule has 0 saturated heterocycles. The van der Waals surface area contributed by atoms with Gasteiger partial charge in [-0.1, -0.05) is 13.8 Å². The van der Waals surface area contributed by atoms with Crippen LogP contribution in [0, 0.1) is 6.92 Å². The summed E-state index contributed by atoms with van der Waals surface area (Å²) in [7, 11) is 0. The van der Waals surface area contributed by atoms with Crippen molar-refractivity contribution < 1.29 is 5.11 Å². The summed E-state index contributed by atoms with van der Waals surface area (Å²) in [6.07, 6.45) is 1.76. The molecule has 5 heteroatoms. The molecule has 0 fully saturated rings. The van der Waals surface area contributed by atoms with Crippen molar-refractivity contribution >= 4 is 22.4 Å². The average Bonchev–Trinajstić information content (AvgIpc) is 2.62. The van der Waals surface area contributed by atoms with Gasteiger partial charge in [0.1, 0.15) is 5.75 Å². The normalized spacial score (nSPS) is 11.2. The molecule has 3 rings (SSSR count). The van der Waals surface area contributed by atoms with E-state index < -0.39 is 0 Å². The molecule has 2 heterocycles. The van der Waals surface area contributed by atoms with Crippen molar-refractivity contribution in [3.05, 3.63) is 53.9 Å². The van der Waals surface area contributed by atoms with Crippen molar-refractivity contribution in [2.75, 3.05) is 18.4 Å². The number of nitrogens with zero attached hydrogens (tertiary/aromatic N) is 3. The largest absolute Gasteiger partial charge is 0.508 e. The van der Waals surface area contributed by atoms with Gasteiger partial charge < -0.3 is 10.4 Å². The molecule has 0 spiro atoms. The van der Waals surface area contributed by atoms with E-state index >= 15 is 0 Å². The zero-order valence-corrected chi connectivity index (χ0v) is 15.0. The fourth-order valence-corrected chi connectivity index (χ4v) is 2.87. The summed E-state index contributed by atoms with van der Waals surface area (Å²) < 4.78 is 0. The lowest BCUT2D eigenvalue weighted by Crippen LogP contribution is -2.22. The van der Waals surface area contributed by atoms with Gasteiger partial charge in [-0.3, -0.25) is 4.90 Å². The van der Waals surface area contributed by atoms with Crippen LogP contribution >= 0.6 is 0 Å². The Labute approximate surface area is 148 Å². The van der Waals surface area contributed by atoms with Crippen LogP contribution in [0.3, 0.4) is 0 Å². The number of phenols is 1. The van der Waals surface area contributed by atoms with Crippen LogP contribution in [-0.4, -0.2) is 33.1 Å². The van der Waals surface area contributed by atoms with E-state index in [0.29, 0.717) is 5.75 Å². The Balaban J connectivity index is 1.91. The van der Waals surface area contributed by atoms with Crippen molar-refractivity contribution in [1.82, 2.24) is 14.9 Å². The lowest BCUT2D eigenvalue weighted by Gasteiger charge is -2.19. The third-order valence-corrected chi connectivity index (χ3v) is 4.39. The minimum absolute atomic E-state index is 0.328. The van der Waals surface area contributed by atoms with Crippen molar-refractivity contribution in [2.24, 2.45) is 0 Å². The molecule has 0 amide bonds. The Bertz CT molecular complexity index is 875. The van der Waals surface area contributed by atoms with Crippen molar-refractivity contribution in [2.45, 2.75) is 27.3 Å². The highest BCUT2D eigenvalue weighted by Gasteiger charge is 2.09. The van der Waals surface area contributed by atoms with Crippen LogP contribution in [0.25, 0.3) is 11.0 Å². The average molecular weight is 336 g/mol. The van der Waals surface area contributed by atoms with Crippen LogP contribution in [0.4, 0.5) is 11.4 Å². The number of anilines is 2. The topological polar surface area (TPSA) is 61.3 Å². The summed E-state index contributed by atoms with van der Waals surface area (Å²) in [5, 5.41) is 14.6. The molecule has 25 heavy (non-hydrogen) atoms. The second-order valence-corrected chi connectivity index (χ2v) is 6.11. The van der Waals surface area contributed by atoms with E-state index in [4.69, 9.17) is 0 Å². The van der Waals surface area contributed by atoms with E-state index in [-0.39, 0.29) is 0 Å². The number of pyridine rings is 2. The molecule has 2 N–H and O–H groups in total. The summed E-state index contributed by atoms with van der Waals surface area (Å²) in [6, 6.07) is 11.6. The molecule has 0 saturated carbocycles. The van der Waals surface area contributed by atoms with Gasteiger partial charge in [0.2, 0.25) is 0 Å². The Morgan fingerprint density at radius 1 is 1.08 bits per heavy atom. The predicted octanol–water partition coefficient (Wildman–Crippen LogP) is 4.23. The number of aromatic hydroxyl groups is 1. The molecule has 0 atom stereocenters. The first-order valence-electron chi connectivity index (χ1n) is 8.64. The van der Waals surface area contributed by atoms with E-state index in [1.165, 1.54) is 0 Å².